The number of non-ortho nitro benzene ring substituents is 1. The molecule has 0 fully saturated rings. The smallest absolute Gasteiger partial charge is 0.269 e. The van der Waals surface area contributed by atoms with E-state index in [9.17, 15) is 14.9 Å². The first kappa shape index (κ1) is 18.1. The largest absolute Gasteiger partial charge is 0.492 e. The van der Waals surface area contributed by atoms with E-state index in [4.69, 9.17) is 4.74 Å². The van der Waals surface area contributed by atoms with Gasteiger partial charge in [-0.05, 0) is 36.4 Å². The van der Waals surface area contributed by atoms with Gasteiger partial charge in [-0.25, -0.2) is 0 Å². The van der Waals surface area contributed by atoms with Crippen LogP contribution < -0.4 is 9.64 Å². The molecule has 0 aliphatic heterocycles. The lowest BCUT2D eigenvalue weighted by molar-refractivity contribution is -0.384. The van der Waals surface area contributed by atoms with Crippen LogP contribution in [0.3, 0.4) is 0 Å². The van der Waals surface area contributed by atoms with Crippen LogP contribution in [-0.2, 0) is 0 Å². The Morgan fingerprint density at radius 3 is 2.30 bits per heavy atom. The maximum absolute atomic E-state index is 12.9. The maximum Gasteiger partial charge on any atom is 0.269 e. The van der Waals surface area contributed by atoms with Gasteiger partial charge in [0.1, 0.15) is 12.4 Å². The number of nitro groups is 1. The van der Waals surface area contributed by atoms with Gasteiger partial charge in [0.05, 0.1) is 11.5 Å². The first-order chi connectivity index (χ1) is 13.1. The molecule has 1 heterocycles. The van der Waals surface area contributed by atoms with E-state index in [0.717, 1.165) is 5.75 Å². The number of aromatic nitrogens is 1. The van der Waals surface area contributed by atoms with E-state index in [1.54, 1.807) is 29.4 Å². The third-order valence-corrected chi connectivity index (χ3v) is 3.87. The zero-order valence-electron chi connectivity index (χ0n) is 14.4. The number of carbonyl (C=O) groups excluding carboxylic acids is 1. The molecule has 7 nitrogen and oxygen atoms in total. The molecule has 0 N–H and O–H groups in total. The molecule has 3 rings (SSSR count). The fourth-order valence-corrected chi connectivity index (χ4v) is 2.52. The van der Waals surface area contributed by atoms with Gasteiger partial charge in [-0.3, -0.25) is 19.9 Å². The number of amides is 1. The molecule has 0 atom stereocenters. The van der Waals surface area contributed by atoms with E-state index in [2.05, 4.69) is 4.98 Å². The second-order valence-electron chi connectivity index (χ2n) is 5.63. The van der Waals surface area contributed by atoms with Gasteiger partial charge in [-0.2, -0.15) is 0 Å². The van der Waals surface area contributed by atoms with Crippen LogP contribution in [0, 0.1) is 10.1 Å². The van der Waals surface area contributed by atoms with Crippen LogP contribution in [0.5, 0.6) is 5.75 Å². The lowest BCUT2D eigenvalue weighted by Crippen LogP contribution is -2.34. The summed E-state index contributed by atoms with van der Waals surface area (Å²) in [5.74, 6) is 0.447. The van der Waals surface area contributed by atoms with Gasteiger partial charge in [-0.1, -0.05) is 18.2 Å². The molecule has 7 heteroatoms. The van der Waals surface area contributed by atoms with Crippen molar-refractivity contribution in [1.29, 1.82) is 0 Å². The van der Waals surface area contributed by atoms with Crippen LogP contribution in [0.15, 0.2) is 79.1 Å². The molecule has 27 heavy (non-hydrogen) atoms. The van der Waals surface area contributed by atoms with Gasteiger partial charge in [0.2, 0.25) is 0 Å². The summed E-state index contributed by atoms with van der Waals surface area (Å²) < 4.78 is 5.70. The van der Waals surface area contributed by atoms with Crippen LogP contribution >= 0.6 is 0 Å². The molecule has 3 aromatic rings. The van der Waals surface area contributed by atoms with Gasteiger partial charge < -0.3 is 9.64 Å². The van der Waals surface area contributed by atoms with Crippen LogP contribution in [0.4, 0.5) is 11.4 Å². The normalized spacial score (nSPS) is 10.2. The summed E-state index contributed by atoms with van der Waals surface area (Å²) in [6.07, 6.45) is 3.20. The van der Waals surface area contributed by atoms with Crippen molar-refractivity contribution in [3.05, 3.63) is 94.8 Å². The molecule has 1 amide bonds. The second-order valence-corrected chi connectivity index (χ2v) is 5.63. The van der Waals surface area contributed by atoms with E-state index >= 15 is 0 Å². The summed E-state index contributed by atoms with van der Waals surface area (Å²) in [5, 5.41) is 10.8. The SMILES string of the molecule is O=C(c1ccc([N+](=O)[O-])cc1)N(CCOc1ccccc1)c1ccncc1. The summed E-state index contributed by atoms with van der Waals surface area (Å²) in [6.45, 7) is 0.611. The van der Waals surface area contributed by atoms with Gasteiger partial charge >= 0.3 is 0 Å². The minimum Gasteiger partial charge on any atom is -0.492 e. The molecule has 1 aromatic heterocycles. The summed E-state index contributed by atoms with van der Waals surface area (Å²) in [7, 11) is 0. The molecule has 0 unspecified atom stereocenters. The van der Waals surface area contributed by atoms with Crippen LogP contribution in [-0.4, -0.2) is 29.0 Å². The van der Waals surface area contributed by atoms with E-state index in [-0.39, 0.29) is 11.6 Å². The number of nitro benzene ring substituents is 1. The van der Waals surface area contributed by atoms with Crippen molar-refractivity contribution in [3.8, 4) is 5.75 Å². The molecule has 0 spiro atoms. The van der Waals surface area contributed by atoms with Gasteiger partial charge in [-0.15, -0.1) is 0 Å². The molecule has 0 radical (unpaired) electrons. The van der Waals surface area contributed by atoms with Crippen molar-refractivity contribution in [1.82, 2.24) is 4.98 Å². The molecule has 136 valence electrons. The van der Waals surface area contributed by atoms with E-state index < -0.39 is 4.92 Å². The third kappa shape index (κ3) is 4.66. The number of ether oxygens (including phenoxy) is 1. The number of rotatable bonds is 7. The molecule has 0 bridgehead atoms. The number of carbonyl (C=O) groups is 1. The quantitative estimate of drug-likeness (QED) is 0.472. The Hall–Kier alpha value is -3.74. The number of nitrogens with zero attached hydrogens (tertiary/aromatic N) is 3. The molecule has 0 saturated heterocycles. The topological polar surface area (TPSA) is 85.6 Å². The highest BCUT2D eigenvalue weighted by Crippen LogP contribution is 2.19. The van der Waals surface area contributed by atoms with E-state index in [0.29, 0.717) is 24.4 Å². The number of benzene rings is 2. The number of hydrogen-bond acceptors (Lipinski definition) is 5. The Morgan fingerprint density at radius 1 is 1.00 bits per heavy atom. The number of pyridine rings is 1. The zero-order chi connectivity index (χ0) is 19.1. The lowest BCUT2D eigenvalue weighted by Gasteiger charge is -2.23. The summed E-state index contributed by atoms with van der Waals surface area (Å²) in [6, 6.07) is 18.3. The average molecular weight is 363 g/mol. The number of hydrogen-bond donors (Lipinski definition) is 0. The van der Waals surface area contributed by atoms with Crippen molar-refractivity contribution >= 4 is 17.3 Å². The van der Waals surface area contributed by atoms with Gasteiger partial charge in [0.15, 0.2) is 0 Å². The first-order valence-corrected chi connectivity index (χ1v) is 8.29. The van der Waals surface area contributed by atoms with Gasteiger partial charge in [0.25, 0.3) is 11.6 Å². The molecule has 0 aliphatic carbocycles. The van der Waals surface area contributed by atoms with Gasteiger partial charge in [0, 0.05) is 35.8 Å². The number of para-hydroxylation sites is 1. The second kappa shape index (κ2) is 8.57. The van der Waals surface area contributed by atoms with Crippen LogP contribution in [0.25, 0.3) is 0 Å². The highest BCUT2D eigenvalue weighted by Gasteiger charge is 2.19. The predicted molar refractivity (Wildman–Crippen MR) is 101 cm³/mol. The van der Waals surface area contributed by atoms with Crippen LogP contribution in [0.2, 0.25) is 0 Å². The Kier molecular flexibility index (Phi) is 5.73. The van der Waals surface area contributed by atoms with E-state index in [1.807, 2.05) is 30.3 Å². The standard InChI is InChI=1S/C20H17N3O4/c24-20(16-6-8-18(9-7-16)23(25)26)22(17-10-12-21-13-11-17)14-15-27-19-4-2-1-3-5-19/h1-13H,14-15H2. The molecule has 0 saturated carbocycles. The third-order valence-electron chi connectivity index (χ3n) is 3.87. The fourth-order valence-electron chi connectivity index (χ4n) is 2.52. The van der Waals surface area contributed by atoms with Crippen molar-refractivity contribution in [2.24, 2.45) is 0 Å². The molecular weight excluding hydrogens is 346 g/mol. The van der Waals surface area contributed by atoms with Crippen molar-refractivity contribution in [2.45, 2.75) is 0 Å². The summed E-state index contributed by atoms with van der Waals surface area (Å²) in [4.78, 5) is 28.8. The maximum atomic E-state index is 12.9. The minimum absolute atomic E-state index is 0.0607. The highest BCUT2D eigenvalue weighted by molar-refractivity contribution is 6.06. The van der Waals surface area contributed by atoms with E-state index in [1.165, 1.54) is 24.3 Å². The fraction of sp³-hybridized carbons (Fsp3) is 0.100. The highest BCUT2D eigenvalue weighted by atomic mass is 16.6. The monoisotopic (exact) mass is 363 g/mol. The Morgan fingerprint density at radius 2 is 1.67 bits per heavy atom. The molecule has 0 aliphatic rings. The lowest BCUT2D eigenvalue weighted by atomic mass is 10.1. The minimum atomic E-state index is -0.497. The summed E-state index contributed by atoms with van der Waals surface area (Å²) >= 11 is 0. The number of anilines is 1. The van der Waals surface area contributed by atoms with Crippen molar-refractivity contribution < 1.29 is 14.5 Å². The average Bonchev–Trinajstić information content (AvgIpc) is 2.72. The first-order valence-electron chi connectivity index (χ1n) is 8.29. The zero-order valence-corrected chi connectivity index (χ0v) is 14.4. The Bertz CT molecular complexity index is 900. The van der Waals surface area contributed by atoms with Crippen LogP contribution in [0.1, 0.15) is 10.4 Å². The molecular formula is C20H17N3O4. The summed E-state index contributed by atoms with van der Waals surface area (Å²) in [5.41, 5.74) is 0.969. The predicted octanol–water partition coefficient (Wildman–Crippen LogP) is 3.72. The van der Waals surface area contributed by atoms with Crippen molar-refractivity contribution in [2.75, 3.05) is 18.1 Å². The Labute approximate surface area is 156 Å². The van der Waals surface area contributed by atoms with Crippen molar-refractivity contribution in [3.63, 3.8) is 0 Å². The Balaban J connectivity index is 1.77. The molecule has 2 aromatic carbocycles.